The molecule has 0 fully saturated rings. The number of hydrogen-bond acceptors (Lipinski definition) is 5. The Bertz CT molecular complexity index is 1370. The Morgan fingerprint density at radius 1 is 1.12 bits per heavy atom. The Kier molecular flexibility index (Phi) is 6.19. The van der Waals surface area contributed by atoms with Crippen LogP contribution in [0.4, 0.5) is 10.1 Å². The minimum absolute atomic E-state index is 0.173. The van der Waals surface area contributed by atoms with Crippen LogP contribution in [0, 0.1) is 5.82 Å². The number of fused-ring (bicyclic) bond motifs is 3. The van der Waals surface area contributed by atoms with E-state index in [2.05, 4.69) is 15.0 Å². The fourth-order valence-corrected chi connectivity index (χ4v) is 5.16. The minimum Gasteiger partial charge on any atom is -0.325 e. The number of thioether (sulfide) groups is 1. The molecule has 5 rings (SSSR count). The van der Waals surface area contributed by atoms with Crippen LogP contribution in [-0.4, -0.2) is 30.5 Å². The standard InChI is InChI=1S/C25H24FN5O2S/c1-16(23(32)27-18-10-8-9-17(26)15-18)34-25-28-22-21(20-13-6-3-7-14-30(20)25)24(33)31(29-22)19-11-4-2-5-12-19/h2,4-5,8-12,15-16H,3,6-7,13-14H2,1H3,(H,27,32). The van der Waals surface area contributed by atoms with Crippen molar-refractivity contribution >= 4 is 23.4 Å². The van der Waals surface area contributed by atoms with Gasteiger partial charge >= 0.3 is 0 Å². The van der Waals surface area contributed by atoms with Crippen LogP contribution in [0.5, 0.6) is 0 Å². The second kappa shape index (κ2) is 9.42. The van der Waals surface area contributed by atoms with Crippen LogP contribution >= 0.6 is 11.8 Å². The zero-order chi connectivity index (χ0) is 23.7. The predicted octanol–water partition coefficient (Wildman–Crippen LogP) is 4.52. The number of carbonyl (C=O) groups is 1. The third kappa shape index (κ3) is 4.35. The Hall–Kier alpha value is -3.46. The van der Waals surface area contributed by atoms with Crippen LogP contribution in [0.15, 0.2) is 64.5 Å². The van der Waals surface area contributed by atoms with E-state index in [1.54, 1.807) is 19.1 Å². The van der Waals surface area contributed by atoms with Crippen molar-refractivity contribution in [1.29, 1.82) is 0 Å². The summed E-state index contributed by atoms with van der Waals surface area (Å²) < 4.78 is 17.0. The van der Waals surface area contributed by atoms with Gasteiger partial charge in [-0.3, -0.25) is 9.59 Å². The van der Waals surface area contributed by atoms with Crippen molar-refractivity contribution < 1.29 is 9.18 Å². The predicted molar refractivity (Wildman–Crippen MR) is 130 cm³/mol. The molecule has 3 aliphatic rings. The van der Waals surface area contributed by atoms with Gasteiger partial charge in [-0.25, -0.2) is 9.37 Å². The molecule has 0 radical (unpaired) electrons. The van der Waals surface area contributed by atoms with E-state index in [4.69, 9.17) is 4.98 Å². The lowest BCUT2D eigenvalue weighted by Gasteiger charge is -2.19. The highest BCUT2D eigenvalue weighted by Gasteiger charge is 2.28. The van der Waals surface area contributed by atoms with Gasteiger partial charge in [0.15, 0.2) is 11.0 Å². The van der Waals surface area contributed by atoms with Crippen LogP contribution in [0.2, 0.25) is 0 Å². The largest absolute Gasteiger partial charge is 0.325 e. The number of hydrogen-bond donors (Lipinski definition) is 1. The van der Waals surface area contributed by atoms with Crippen molar-refractivity contribution in [2.75, 3.05) is 5.32 Å². The molecule has 34 heavy (non-hydrogen) atoms. The molecule has 0 saturated carbocycles. The van der Waals surface area contributed by atoms with Crippen LogP contribution in [0.25, 0.3) is 17.1 Å². The Morgan fingerprint density at radius 2 is 1.94 bits per heavy atom. The molecule has 2 aromatic carbocycles. The number of benzene rings is 2. The second-order valence-corrected chi connectivity index (χ2v) is 9.62. The third-order valence-corrected chi connectivity index (χ3v) is 7.00. The van der Waals surface area contributed by atoms with Crippen LogP contribution in [-0.2, 0) is 17.8 Å². The highest BCUT2D eigenvalue weighted by molar-refractivity contribution is 8.00. The van der Waals surface area contributed by atoms with Crippen molar-refractivity contribution in [3.8, 4) is 17.1 Å². The Morgan fingerprint density at radius 3 is 2.74 bits per heavy atom. The van der Waals surface area contributed by atoms with E-state index in [1.165, 1.54) is 28.6 Å². The number of halogens is 1. The summed E-state index contributed by atoms with van der Waals surface area (Å²) in [6.07, 6.45) is 3.77. The first-order valence-corrected chi connectivity index (χ1v) is 12.2. The molecule has 3 aliphatic heterocycles. The molecule has 1 atom stereocenters. The normalized spacial score (nSPS) is 14.4. The molecule has 0 bridgehead atoms. The van der Waals surface area contributed by atoms with Gasteiger partial charge in [0, 0.05) is 17.9 Å². The summed E-state index contributed by atoms with van der Waals surface area (Å²) in [6.45, 7) is 2.52. The van der Waals surface area contributed by atoms with E-state index >= 15 is 0 Å². The monoisotopic (exact) mass is 477 g/mol. The quantitative estimate of drug-likeness (QED) is 0.338. The highest BCUT2D eigenvalue weighted by Crippen LogP contribution is 2.32. The van der Waals surface area contributed by atoms with Crippen LogP contribution in [0.3, 0.4) is 0 Å². The molecule has 1 unspecified atom stereocenters. The van der Waals surface area contributed by atoms with Crippen LogP contribution < -0.4 is 10.9 Å². The van der Waals surface area contributed by atoms with E-state index in [0.29, 0.717) is 27.9 Å². The highest BCUT2D eigenvalue weighted by atomic mass is 32.2. The number of carbonyl (C=O) groups excluding carboxylic acids is 1. The maximum atomic E-state index is 13.5. The molecule has 0 spiro atoms. The average molecular weight is 478 g/mol. The number of nitrogens with one attached hydrogen (secondary N) is 1. The lowest BCUT2D eigenvalue weighted by molar-refractivity contribution is -0.115. The maximum Gasteiger partial charge on any atom is 0.284 e. The fraction of sp³-hybridized carbons (Fsp3) is 0.280. The van der Waals surface area contributed by atoms with Gasteiger partial charge in [0.05, 0.1) is 10.9 Å². The minimum atomic E-state index is -0.490. The first-order chi connectivity index (χ1) is 16.5. The zero-order valence-corrected chi connectivity index (χ0v) is 19.5. The molecule has 1 amide bonds. The molecule has 174 valence electrons. The smallest absolute Gasteiger partial charge is 0.284 e. The molecular formula is C25H24FN5O2S. The van der Waals surface area contributed by atoms with Gasteiger partial charge in [-0.05, 0) is 56.5 Å². The van der Waals surface area contributed by atoms with Gasteiger partial charge < -0.3 is 9.88 Å². The zero-order valence-electron chi connectivity index (χ0n) is 18.7. The number of aromatic nitrogens is 4. The van der Waals surface area contributed by atoms with Crippen molar-refractivity contribution in [3.63, 3.8) is 0 Å². The maximum absolute atomic E-state index is 13.5. The number of anilines is 1. The molecule has 1 N–H and O–H groups in total. The Labute approximate surface area is 200 Å². The summed E-state index contributed by atoms with van der Waals surface area (Å²) in [5, 5.41) is 7.46. The van der Waals surface area contributed by atoms with Crippen molar-refractivity contribution in [2.45, 2.75) is 49.6 Å². The fourth-order valence-electron chi connectivity index (χ4n) is 4.21. The van der Waals surface area contributed by atoms with Crippen molar-refractivity contribution in [1.82, 2.24) is 19.3 Å². The summed E-state index contributed by atoms with van der Waals surface area (Å²) in [6, 6.07) is 15.1. The van der Waals surface area contributed by atoms with Gasteiger partial charge in [-0.2, -0.15) is 4.68 Å². The summed E-state index contributed by atoms with van der Waals surface area (Å²) in [7, 11) is 0. The molecule has 0 aromatic heterocycles. The van der Waals surface area contributed by atoms with Gasteiger partial charge in [0.25, 0.3) is 5.56 Å². The molecule has 2 aromatic rings. The van der Waals surface area contributed by atoms with E-state index < -0.39 is 11.1 Å². The molecule has 3 heterocycles. The number of nitrogens with zero attached hydrogens (tertiary/aromatic N) is 4. The second-order valence-electron chi connectivity index (χ2n) is 8.31. The first-order valence-electron chi connectivity index (χ1n) is 11.3. The molecule has 0 aliphatic carbocycles. The molecule has 9 heteroatoms. The summed E-state index contributed by atoms with van der Waals surface area (Å²) in [5.41, 5.74) is 2.40. The SMILES string of the molecule is CC(Sc1nc2nn(-c3ccccc3)c(=O)c-2c2n1CCCCC2)C(=O)Nc1cccc(F)c1. The Balaban J connectivity index is 1.52. The van der Waals surface area contributed by atoms with Crippen LogP contribution in [0.1, 0.15) is 31.9 Å². The van der Waals surface area contributed by atoms with E-state index in [9.17, 15) is 14.0 Å². The van der Waals surface area contributed by atoms with Crippen molar-refractivity contribution in [3.05, 3.63) is 76.5 Å². The van der Waals surface area contributed by atoms with E-state index in [1.807, 2.05) is 30.3 Å². The van der Waals surface area contributed by atoms with E-state index in [-0.39, 0.29) is 11.5 Å². The lowest BCUT2D eigenvalue weighted by atomic mass is 10.1. The van der Waals surface area contributed by atoms with Gasteiger partial charge in [0.1, 0.15) is 11.4 Å². The van der Waals surface area contributed by atoms with Gasteiger partial charge in [-0.15, -0.1) is 5.10 Å². The number of rotatable bonds is 5. The van der Waals surface area contributed by atoms with E-state index in [0.717, 1.165) is 37.9 Å². The average Bonchev–Trinajstić information content (AvgIpc) is 2.99. The molecule has 0 saturated heterocycles. The topological polar surface area (TPSA) is 81.8 Å². The third-order valence-electron chi connectivity index (χ3n) is 5.91. The van der Waals surface area contributed by atoms with Gasteiger partial charge in [0.2, 0.25) is 5.91 Å². The summed E-state index contributed by atoms with van der Waals surface area (Å²) in [5.74, 6) is -0.268. The summed E-state index contributed by atoms with van der Waals surface area (Å²) >= 11 is 1.32. The summed E-state index contributed by atoms with van der Waals surface area (Å²) in [4.78, 5) is 30.9. The lowest BCUT2D eigenvalue weighted by Crippen LogP contribution is -2.24. The molecule has 7 nitrogen and oxygen atoms in total. The molecular weight excluding hydrogens is 453 g/mol. The van der Waals surface area contributed by atoms with Crippen molar-refractivity contribution in [2.24, 2.45) is 0 Å². The number of amides is 1. The van der Waals surface area contributed by atoms with Gasteiger partial charge in [-0.1, -0.05) is 42.4 Å². The first kappa shape index (κ1) is 22.3. The number of para-hydroxylation sites is 1.